The molecule has 86 valence electrons. The van der Waals surface area contributed by atoms with Crippen molar-refractivity contribution in [1.29, 1.82) is 5.26 Å². The average Bonchev–Trinajstić information content (AvgIpc) is 2.11. The van der Waals surface area contributed by atoms with Gasteiger partial charge in [0.1, 0.15) is 3.70 Å². The minimum Gasteiger partial charge on any atom is -0.404 e. The van der Waals surface area contributed by atoms with Crippen LogP contribution in [0.2, 0.25) is 0 Å². The van der Waals surface area contributed by atoms with Crippen molar-refractivity contribution in [3.63, 3.8) is 0 Å². The van der Waals surface area contributed by atoms with Gasteiger partial charge in [0.05, 0.1) is 18.2 Å². The van der Waals surface area contributed by atoms with Gasteiger partial charge in [0.15, 0.2) is 5.75 Å². The summed E-state index contributed by atoms with van der Waals surface area (Å²) in [5.41, 5.74) is 0.566. The van der Waals surface area contributed by atoms with E-state index in [1.807, 2.05) is 28.7 Å². The first kappa shape index (κ1) is 13.0. The molecule has 1 heterocycles. The standard InChI is InChI=1S/C9H6F3IN2O/c1-5-7(16-9(10,11)12)4-6(2-3-14)8(13)15-5/h4H,2H2,1H3. The van der Waals surface area contributed by atoms with Gasteiger partial charge in [-0.1, -0.05) is 0 Å². The summed E-state index contributed by atoms with van der Waals surface area (Å²) in [5.74, 6) is -0.363. The SMILES string of the molecule is Cc1nc(I)c(CC#N)cc1OC(F)(F)F. The summed E-state index contributed by atoms with van der Waals surface area (Å²) in [5, 5.41) is 8.49. The molecule has 0 fully saturated rings. The van der Waals surface area contributed by atoms with Crippen LogP contribution in [0.15, 0.2) is 6.07 Å². The lowest BCUT2D eigenvalue weighted by Gasteiger charge is -2.12. The Hall–Kier alpha value is -1.04. The van der Waals surface area contributed by atoms with E-state index in [1.165, 1.54) is 13.0 Å². The topological polar surface area (TPSA) is 45.9 Å². The number of pyridine rings is 1. The van der Waals surface area contributed by atoms with Gasteiger partial charge in [-0.15, -0.1) is 13.2 Å². The van der Waals surface area contributed by atoms with Crippen molar-refractivity contribution in [3.05, 3.63) is 21.0 Å². The predicted molar refractivity (Wildman–Crippen MR) is 57.7 cm³/mol. The second kappa shape index (κ2) is 4.86. The maximum absolute atomic E-state index is 12.0. The summed E-state index contributed by atoms with van der Waals surface area (Å²) in [6, 6.07) is 3.05. The van der Waals surface area contributed by atoms with Crippen LogP contribution in [0, 0.1) is 22.0 Å². The summed E-state index contributed by atoms with van der Waals surface area (Å²) in [6.07, 6.45) is -4.75. The maximum Gasteiger partial charge on any atom is 0.573 e. The molecule has 0 N–H and O–H groups in total. The van der Waals surface area contributed by atoms with E-state index >= 15 is 0 Å². The molecule has 7 heteroatoms. The normalized spacial score (nSPS) is 11.0. The van der Waals surface area contributed by atoms with Gasteiger partial charge in [0, 0.05) is 5.56 Å². The van der Waals surface area contributed by atoms with Crippen LogP contribution >= 0.6 is 22.6 Å². The van der Waals surface area contributed by atoms with E-state index in [4.69, 9.17) is 5.26 Å². The first-order valence-corrected chi connectivity index (χ1v) is 5.20. The van der Waals surface area contributed by atoms with E-state index in [-0.39, 0.29) is 17.9 Å². The third kappa shape index (κ3) is 3.52. The van der Waals surface area contributed by atoms with Crippen LogP contribution in [0.1, 0.15) is 11.3 Å². The number of rotatable bonds is 2. The van der Waals surface area contributed by atoms with Crippen molar-refractivity contribution in [1.82, 2.24) is 4.98 Å². The zero-order valence-corrected chi connectivity index (χ0v) is 10.3. The molecule has 0 unspecified atom stereocenters. The number of hydrogen-bond acceptors (Lipinski definition) is 3. The monoisotopic (exact) mass is 342 g/mol. The second-order valence-corrected chi connectivity index (χ2v) is 3.93. The number of nitrogens with zero attached hydrogens (tertiary/aromatic N) is 2. The first-order chi connectivity index (χ1) is 7.33. The molecule has 0 atom stereocenters. The van der Waals surface area contributed by atoms with E-state index in [2.05, 4.69) is 9.72 Å². The van der Waals surface area contributed by atoms with E-state index in [0.29, 0.717) is 9.26 Å². The number of ether oxygens (including phenoxy) is 1. The number of alkyl halides is 3. The molecular weight excluding hydrogens is 336 g/mol. The lowest BCUT2D eigenvalue weighted by molar-refractivity contribution is -0.275. The fraction of sp³-hybridized carbons (Fsp3) is 0.333. The van der Waals surface area contributed by atoms with Gasteiger partial charge in [-0.2, -0.15) is 5.26 Å². The highest BCUT2D eigenvalue weighted by atomic mass is 127. The van der Waals surface area contributed by atoms with Gasteiger partial charge in [-0.25, -0.2) is 4.98 Å². The van der Waals surface area contributed by atoms with Crippen LogP contribution in [0.4, 0.5) is 13.2 Å². The van der Waals surface area contributed by atoms with Gasteiger partial charge >= 0.3 is 6.36 Å². The molecule has 0 amide bonds. The Morgan fingerprint density at radius 2 is 2.19 bits per heavy atom. The van der Waals surface area contributed by atoms with Crippen molar-refractivity contribution < 1.29 is 17.9 Å². The summed E-state index contributed by atoms with van der Waals surface area (Å²) in [4.78, 5) is 3.89. The minimum absolute atomic E-state index is 0.000228. The van der Waals surface area contributed by atoms with E-state index in [0.717, 1.165) is 0 Å². The van der Waals surface area contributed by atoms with Crippen molar-refractivity contribution >= 4 is 22.6 Å². The molecule has 0 saturated carbocycles. The number of aryl methyl sites for hydroxylation is 1. The van der Waals surface area contributed by atoms with Crippen LogP contribution in [-0.2, 0) is 6.42 Å². The Kier molecular flexibility index (Phi) is 3.96. The molecular formula is C9H6F3IN2O. The molecule has 16 heavy (non-hydrogen) atoms. The second-order valence-electron chi connectivity index (χ2n) is 2.90. The Labute approximate surface area is 103 Å². The Bertz CT molecular complexity index is 440. The van der Waals surface area contributed by atoms with Gasteiger partial charge in [-0.05, 0) is 35.6 Å². The van der Waals surface area contributed by atoms with Crippen molar-refractivity contribution in [2.45, 2.75) is 19.7 Å². The fourth-order valence-electron chi connectivity index (χ4n) is 1.03. The summed E-state index contributed by atoms with van der Waals surface area (Å²) in [6.45, 7) is 1.42. The molecule has 0 radical (unpaired) electrons. The molecule has 0 aliphatic rings. The largest absolute Gasteiger partial charge is 0.573 e. The van der Waals surface area contributed by atoms with Crippen molar-refractivity contribution in [2.75, 3.05) is 0 Å². The van der Waals surface area contributed by atoms with E-state index in [9.17, 15) is 13.2 Å². The van der Waals surface area contributed by atoms with E-state index in [1.54, 1.807) is 0 Å². The highest BCUT2D eigenvalue weighted by Crippen LogP contribution is 2.27. The lowest BCUT2D eigenvalue weighted by atomic mass is 10.2. The molecule has 3 nitrogen and oxygen atoms in total. The highest BCUT2D eigenvalue weighted by molar-refractivity contribution is 14.1. The molecule has 0 aliphatic carbocycles. The van der Waals surface area contributed by atoms with Gasteiger partial charge in [0.2, 0.25) is 0 Å². The van der Waals surface area contributed by atoms with Crippen LogP contribution < -0.4 is 4.74 Å². The maximum atomic E-state index is 12.0. The average molecular weight is 342 g/mol. The highest BCUT2D eigenvalue weighted by Gasteiger charge is 2.32. The lowest BCUT2D eigenvalue weighted by Crippen LogP contribution is -2.18. The quantitative estimate of drug-likeness (QED) is 0.613. The molecule has 1 aromatic rings. The zero-order valence-electron chi connectivity index (χ0n) is 8.10. The Morgan fingerprint density at radius 1 is 1.56 bits per heavy atom. The van der Waals surface area contributed by atoms with Gasteiger partial charge < -0.3 is 4.74 Å². The number of hydrogen-bond donors (Lipinski definition) is 0. The Morgan fingerprint density at radius 3 is 2.69 bits per heavy atom. The first-order valence-electron chi connectivity index (χ1n) is 4.12. The van der Waals surface area contributed by atoms with Gasteiger partial charge in [0.25, 0.3) is 0 Å². The summed E-state index contributed by atoms with van der Waals surface area (Å²) in [7, 11) is 0. The van der Waals surface area contributed by atoms with Crippen LogP contribution in [0.3, 0.4) is 0 Å². The van der Waals surface area contributed by atoms with Gasteiger partial charge in [-0.3, -0.25) is 0 Å². The van der Waals surface area contributed by atoms with Crippen LogP contribution in [0.25, 0.3) is 0 Å². The third-order valence-electron chi connectivity index (χ3n) is 1.69. The van der Waals surface area contributed by atoms with Crippen LogP contribution in [0.5, 0.6) is 5.75 Å². The fourth-order valence-corrected chi connectivity index (χ4v) is 1.74. The minimum atomic E-state index is -4.75. The van der Waals surface area contributed by atoms with Crippen molar-refractivity contribution in [3.8, 4) is 11.8 Å². The summed E-state index contributed by atoms with van der Waals surface area (Å²) >= 11 is 1.86. The van der Waals surface area contributed by atoms with Crippen molar-refractivity contribution in [2.24, 2.45) is 0 Å². The smallest absolute Gasteiger partial charge is 0.404 e. The zero-order chi connectivity index (χ0) is 12.3. The molecule has 0 saturated heterocycles. The predicted octanol–water partition coefficient (Wildman–Crippen LogP) is 2.96. The number of aromatic nitrogens is 1. The molecule has 1 rings (SSSR count). The number of halogens is 4. The third-order valence-corrected chi connectivity index (χ3v) is 2.62. The molecule has 1 aromatic heterocycles. The Balaban J connectivity index is 3.10. The molecule has 0 aliphatic heterocycles. The van der Waals surface area contributed by atoms with Crippen LogP contribution in [-0.4, -0.2) is 11.3 Å². The summed E-state index contributed by atoms with van der Waals surface area (Å²) < 4.78 is 40.4. The molecule has 0 spiro atoms. The molecule has 0 bridgehead atoms. The van der Waals surface area contributed by atoms with E-state index < -0.39 is 6.36 Å². The molecule has 0 aromatic carbocycles. The number of nitriles is 1.